The first-order valence-corrected chi connectivity index (χ1v) is 10.1. The van der Waals surface area contributed by atoms with Gasteiger partial charge in [-0.25, -0.2) is 4.98 Å². The number of anilines is 1. The van der Waals surface area contributed by atoms with Crippen molar-refractivity contribution in [3.05, 3.63) is 41.2 Å². The van der Waals surface area contributed by atoms with Crippen LogP contribution in [0.2, 0.25) is 0 Å². The highest BCUT2D eigenvalue weighted by Crippen LogP contribution is 2.31. The molecular weight excluding hydrogens is 411 g/mol. The molecule has 6 nitrogen and oxygen atoms in total. The number of halogens is 3. The highest BCUT2D eigenvalue weighted by atomic mass is 19.4. The van der Waals surface area contributed by atoms with E-state index in [4.69, 9.17) is 4.74 Å². The molecule has 1 amide bonds. The maximum Gasteiger partial charge on any atom is 0.434 e. The standard InChI is InChI=1S/C22H28F3N3O3/c1-6-15-10-16(12-17(11-15)31-14(3)29)19(30)27-20-26-18(22(23,24)25)13-28(20)9-8-21(4,5)7-2/h10-13H,6-9H2,1-5H3,(H,26,27,30). The summed E-state index contributed by atoms with van der Waals surface area (Å²) in [6.45, 7) is 9.45. The number of alkyl halides is 3. The second-order valence-corrected chi connectivity index (χ2v) is 8.18. The summed E-state index contributed by atoms with van der Waals surface area (Å²) in [6, 6.07) is 4.60. The Morgan fingerprint density at radius 1 is 1.16 bits per heavy atom. The molecule has 31 heavy (non-hydrogen) atoms. The first-order chi connectivity index (χ1) is 14.3. The van der Waals surface area contributed by atoms with Crippen molar-refractivity contribution < 1.29 is 27.5 Å². The average molecular weight is 439 g/mol. The Morgan fingerprint density at radius 3 is 2.39 bits per heavy atom. The highest BCUT2D eigenvalue weighted by molar-refractivity contribution is 6.03. The number of nitrogens with one attached hydrogen (secondary N) is 1. The predicted molar refractivity (Wildman–Crippen MR) is 111 cm³/mol. The number of aromatic nitrogens is 2. The lowest BCUT2D eigenvalue weighted by Crippen LogP contribution is -2.18. The first kappa shape index (κ1) is 24.4. The number of ether oxygens (including phenoxy) is 1. The smallest absolute Gasteiger partial charge is 0.427 e. The molecule has 0 unspecified atom stereocenters. The van der Waals surface area contributed by atoms with Gasteiger partial charge in [0, 0.05) is 25.2 Å². The van der Waals surface area contributed by atoms with Crippen LogP contribution in [0.4, 0.5) is 19.1 Å². The molecule has 9 heteroatoms. The number of hydrogen-bond acceptors (Lipinski definition) is 4. The van der Waals surface area contributed by atoms with Crippen LogP contribution in [0, 0.1) is 5.41 Å². The van der Waals surface area contributed by atoms with E-state index < -0.39 is 23.7 Å². The Labute approximate surface area is 179 Å². The van der Waals surface area contributed by atoms with Crippen molar-refractivity contribution in [2.45, 2.75) is 66.6 Å². The van der Waals surface area contributed by atoms with Gasteiger partial charge in [-0.1, -0.05) is 34.1 Å². The summed E-state index contributed by atoms with van der Waals surface area (Å²) in [4.78, 5) is 27.7. The molecular formula is C22H28F3N3O3. The van der Waals surface area contributed by atoms with Gasteiger partial charge in [0.15, 0.2) is 5.69 Å². The van der Waals surface area contributed by atoms with E-state index in [0.29, 0.717) is 12.8 Å². The molecule has 0 saturated heterocycles. The van der Waals surface area contributed by atoms with E-state index in [9.17, 15) is 22.8 Å². The van der Waals surface area contributed by atoms with Crippen LogP contribution in [-0.4, -0.2) is 21.4 Å². The first-order valence-electron chi connectivity index (χ1n) is 10.1. The normalized spacial score (nSPS) is 12.0. The number of aryl methyl sites for hydroxylation is 2. The quantitative estimate of drug-likeness (QED) is 0.437. The number of esters is 1. The third kappa shape index (κ3) is 6.83. The lowest BCUT2D eigenvalue weighted by Gasteiger charge is -2.23. The van der Waals surface area contributed by atoms with Gasteiger partial charge in [-0.15, -0.1) is 0 Å². The SMILES string of the molecule is CCc1cc(OC(C)=O)cc(C(=O)Nc2nc(C(F)(F)F)cn2CCC(C)(C)CC)c1. The molecule has 0 aliphatic rings. The maximum atomic E-state index is 13.2. The monoisotopic (exact) mass is 439 g/mol. The molecule has 0 fully saturated rings. The van der Waals surface area contributed by atoms with Gasteiger partial charge in [-0.05, 0) is 42.0 Å². The molecule has 1 heterocycles. The van der Waals surface area contributed by atoms with E-state index in [1.165, 1.54) is 17.6 Å². The van der Waals surface area contributed by atoms with Crippen molar-refractivity contribution in [3.8, 4) is 5.75 Å². The van der Waals surface area contributed by atoms with Crippen molar-refractivity contribution in [3.63, 3.8) is 0 Å². The molecule has 2 aromatic rings. The van der Waals surface area contributed by atoms with Gasteiger partial charge in [-0.2, -0.15) is 13.2 Å². The van der Waals surface area contributed by atoms with Crippen molar-refractivity contribution in [2.75, 3.05) is 5.32 Å². The minimum atomic E-state index is -4.63. The van der Waals surface area contributed by atoms with Crippen LogP contribution in [0.15, 0.2) is 24.4 Å². The minimum absolute atomic E-state index is 0.0711. The topological polar surface area (TPSA) is 73.2 Å². The van der Waals surface area contributed by atoms with E-state index in [1.54, 1.807) is 12.1 Å². The fourth-order valence-corrected chi connectivity index (χ4v) is 2.82. The average Bonchev–Trinajstić information content (AvgIpc) is 3.08. The zero-order valence-corrected chi connectivity index (χ0v) is 18.4. The lowest BCUT2D eigenvalue weighted by molar-refractivity contribution is -0.141. The van der Waals surface area contributed by atoms with Crippen LogP contribution in [0.5, 0.6) is 5.75 Å². The summed E-state index contributed by atoms with van der Waals surface area (Å²) in [5.41, 5.74) is -0.237. The van der Waals surface area contributed by atoms with Crippen molar-refractivity contribution in [1.29, 1.82) is 0 Å². The zero-order valence-electron chi connectivity index (χ0n) is 18.4. The molecule has 0 saturated carbocycles. The Hall–Kier alpha value is -2.84. The number of hydrogen-bond donors (Lipinski definition) is 1. The van der Waals surface area contributed by atoms with Crippen LogP contribution in [0.3, 0.4) is 0 Å². The molecule has 0 spiro atoms. The number of rotatable bonds is 8. The number of nitrogens with zero attached hydrogens (tertiary/aromatic N) is 2. The van der Waals surface area contributed by atoms with E-state index in [1.807, 2.05) is 27.7 Å². The van der Waals surface area contributed by atoms with E-state index in [2.05, 4.69) is 10.3 Å². The molecule has 2 rings (SSSR count). The van der Waals surface area contributed by atoms with Gasteiger partial charge < -0.3 is 9.30 Å². The molecule has 0 atom stereocenters. The summed E-state index contributed by atoms with van der Waals surface area (Å²) >= 11 is 0. The summed E-state index contributed by atoms with van der Waals surface area (Å²) < 4.78 is 46.0. The van der Waals surface area contributed by atoms with Crippen molar-refractivity contribution in [2.24, 2.45) is 5.41 Å². The Kier molecular flexibility index (Phi) is 7.51. The van der Waals surface area contributed by atoms with Gasteiger partial charge >= 0.3 is 12.1 Å². The van der Waals surface area contributed by atoms with Crippen LogP contribution in [-0.2, 0) is 23.9 Å². The molecule has 0 aliphatic carbocycles. The largest absolute Gasteiger partial charge is 0.434 e. The predicted octanol–water partition coefficient (Wildman–Crippen LogP) is 5.47. The minimum Gasteiger partial charge on any atom is -0.427 e. The Morgan fingerprint density at radius 2 is 1.84 bits per heavy atom. The fourth-order valence-electron chi connectivity index (χ4n) is 2.82. The number of benzene rings is 1. The second kappa shape index (κ2) is 9.53. The molecule has 170 valence electrons. The lowest BCUT2D eigenvalue weighted by atomic mass is 9.86. The maximum absolute atomic E-state index is 13.2. The third-order valence-corrected chi connectivity index (χ3v) is 5.18. The van der Waals surface area contributed by atoms with Crippen molar-refractivity contribution >= 4 is 17.8 Å². The fraction of sp³-hybridized carbons (Fsp3) is 0.500. The summed E-state index contributed by atoms with van der Waals surface area (Å²) in [6.07, 6.45) is -1.67. The van der Waals surface area contributed by atoms with Gasteiger partial charge in [0.25, 0.3) is 5.91 Å². The summed E-state index contributed by atoms with van der Waals surface area (Å²) in [5, 5.41) is 2.48. The second-order valence-electron chi connectivity index (χ2n) is 8.18. The molecule has 1 N–H and O–H groups in total. The number of amides is 1. The number of imidazole rings is 1. The van der Waals surface area contributed by atoms with E-state index in [0.717, 1.165) is 18.2 Å². The molecule has 0 bridgehead atoms. The van der Waals surface area contributed by atoms with Gasteiger partial charge in [0.2, 0.25) is 5.95 Å². The molecule has 1 aromatic heterocycles. The number of carbonyl (C=O) groups is 2. The van der Waals surface area contributed by atoms with Crippen LogP contribution in [0.25, 0.3) is 0 Å². The third-order valence-electron chi connectivity index (χ3n) is 5.18. The van der Waals surface area contributed by atoms with Crippen LogP contribution in [0.1, 0.15) is 69.1 Å². The van der Waals surface area contributed by atoms with Gasteiger partial charge in [0.05, 0.1) is 0 Å². The van der Waals surface area contributed by atoms with E-state index in [-0.39, 0.29) is 29.2 Å². The number of carbonyl (C=O) groups excluding carboxylic acids is 2. The Bertz CT molecular complexity index is 949. The van der Waals surface area contributed by atoms with Gasteiger partial charge in [-0.3, -0.25) is 14.9 Å². The molecule has 1 aromatic carbocycles. The van der Waals surface area contributed by atoms with Gasteiger partial charge in [0.1, 0.15) is 5.75 Å². The van der Waals surface area contributed by atoms with Crippen molar-refractivity contribution in [1.82, 2.24) is 9.55 Å². The van der Waals surface area contributed by atoms with Crippen LogP contribution < -0.4 is 10.1 Å². The summed E-state index contributed by atoms with van der Waals surface area (Å²) in [7, 11) is 0. The Balaban J connectivity index is 2.34. The molecule has 0 aliphatic heterocycles. The zero-order chi connectivity index (χ0) is 23.4. The highest BCUT2D eigenvalue weighted by Gasteiger charge is 2.35. The molecule has 0 radical (unpaired) electrons. The van der Waals surface area contributed by atoms with E-state index >= 15 is 0 Å². The van der Waals surface area contributed by atoms with Crippen LogP contribution >= 0.6 is 0 Å². The summed E-state index contributed by atoms with van der Waals surface area (Å²) in [5.74, 6) is -1.16.